The van der Waals surface area contributed by atoms with Crippen molar-refractivity contribution < 1.29 is 0 Å². The third kappa shape index (κ3) is 3.82. The van der Waals surface area contributed by atoms with Crippen LogP contribution in [0.4, 0.5) is 0 Å². The van der Waals surface area contributed by atoms with Gasteiger partial charge in [-0.3, -0.25) is 0 Å². The molecular formula is C16H26N2. The van der Waals surface area contributed by atoms with Gasteiger partial charge in [-0.25, -0.2) is 0 Å². The summed E-state index contributed by atoms with van der Waals surface area (Å²) in [6, 6.07) is 7.11. The molecule has 2 heteroatoms. The van der Waals surface area contributed by atoms with Crippen LogP contribution in [0.15, 0.2) is 18.2 Å². The summed E-state index contributed by atoms with van der Waals surface area (Å²) >= 11 is 0. The number of nitrogens with zero attached hydrogens (tertiary/aromatic N) is 1. The minimum atomic E-state index is 1.11. The maximum atomic E-state index is 3.20. The van der Waals surface area contributed by atoms with E-state index in [9.17, 15) is 0 Å². The molecule has 0 unspecified atom stereocenters. The Bertz CT molecular complexity index is 373. The lowest BCUT2D eigenvalue weighted by molar-refractivity contribution is 0.332. The summed E-state index contributed by atoms with van der Waals surface area (Å²) in [5, 5.41) is 3.20. The van der Waals surface area contributed by atoms with E-state index >= 15 is 0 Å². The van der Waals surface area contributed by atoms with Crippen LogP contribution in [0.5, 0.6) is 0 Å². The van der Waals surface area contributed by atoms with Gasteiger partial charge in [0.25, 0.3) is 0 Å². The number of hydrogen-bond donors (Lipinski definition) is 1. The quantitative estimate of drug-likeness (QED) is 0.742. The van der Waals surface area contributed by atoms with Crippen LogP contribution in [-0.4, -0.2) is 38.6 Å². The van der Waals surface area contributed by atoms with Gasteiger partial charge in [-0.2, -0.15) is 0 Å². The molecule has 18 heavy (non-hydrogen) atoms. The topological polar surface area (TPSA) is 15.3 Å². The van der Waals surface area contributed by atoms with E-state index in [4.69, 9.17) is 0 Å². The largest absolute Gasteiger partial charge is 0.320 e. The number of likely N-dealkylation sites (N-methyl/N-ethyl adjacent to an activating group) is 1. The van der Waals surface area contributed by atoms with E-state index in [-0.39, 0.29) is 0 Å². The number of fused-ring (bicyclic) bond motifs is 1. The molecule has 0 saturated heterocycles. The Labute approximate surface area is 111 Å². The van der Waals surface area contributed by atoms with Crippen LogP contribution in [0.1, 0.15) is 29.5 Å². The highest BCUT2D eigenvalue weighted by Gasteiger charge is 2.10. The Morgan fingerprint density at radius 1 is 1.17 bits per heavy atom. The number of nitrogens with one attached hydrogen (secondary N) is 1. The highest BCUT2D eigenvalue weighted by Crippen LogP contribution is 2.22. The predicted octanol–water partition coefficient (Wildman–Crippen LogP) is 2.26. The van der Waals surface area contributed by atoms with Crippen molar-refractivity contribution in [1.29, 1.82) is 0 Å². The number of hydrogen-bond acceptors (Lipinski definition) is 2. The van der Waals surface area contributed by atoms with Gasteiger partial charge in [0.1, 0.15) is 0 Å². The van der Waals surface area contributed by atoms with Gasteiger partial charge < -0.3 is 10.2 Å². The molecule has 100 valence electrons. The molecule has 1 aromatic carbocycles. The predicted molar refractivity (Wildman–Crippen MR) is 78.2 cm³/mol. The first-order valence-electron chi connectivity index (χ1n) is 7.23. The molecule has 1 aliphatic rings. The van der Waals surface area contributed by atoms with Gasteiger partial charge in [0, 0.05) is 6.54 Å². The Balaban J connectivity index is 1.76. The molecule has 0 bridgehead atoms. The maximum Gasteiger partial charge on any atom is 0.00188 e. The van der Waals surface area contributed by atoms with Crippen molar-refractivity contribution in [3.05, 3.63) is 34.9 Å². The van der Waals surface area contributed by atoms with Crippen LogP contribution in [0.25, 0.3) is 0 Å². The van der Waals surface area contributed by atoms with Crippen molar-refractivity contribution in [2.75, 3.05) is 33.7 Å². The second-order valence-electron chi connectivity index (χ2n) is 5.47. The third-order valence-corrected chi connectivity index (χ3v) is 3.91. The van der Waals surface area contributed by atoms with Gasteiger partial charge in [0.15, 0.2) is 0 Å². The molecule has 0 amide bonds. The number of rotatable bonds is 7. The van der Waals surface area contributed by atoms with Crippen molar-refractivity contribution >= 4 is 0 Å². The molecule has 0 aliphatic heterocycles. The Kier molecular flexibility index (Phi) is 5.21. The summed E-state index contributed by atoms with van der Waals surface area (Å²) in [7, 11) is 4.24. The molecule has 0 fully saturated rings. The standard InChI is InChI=1S/C16H26N2/c1-17-10-4-11-18(2)12-9-14-7-8-15-5-3-6-16(15)13-14/h7-8,13,17H,3-6,9-12H2,1-2H3. The van der Waals surface area contributed by atoms with Crippen LogP contribution >= 0.6 is 0 Å². The second-order valence-corrected chi connectivity index (χ2v) is 5.47. The fraction of sp³-hybridized carbons (Fsp3) is 0.625. The van der Waals surface area contributed by atoms with E-state index in [2.05, 4.69) is 35.5 Å². The summed E-state index contributed by atoms with van der Waals surface area (Å²) in [6.45, 7) is 3.47. The fourth-order valence-electron chi connectivity index (χ4n) is 2.74. The van der Waals surface area contributed by atoms with Crippen molar-refractivity contribution in [3.8, 4) is 0 Å². The van der Waals surface area contributed by atoms with Gasteiger partial charge in [-0.1, -0.05) is 18.2 Å². The van der Waals surface area contributed by atoms with E-state index in [1.54, 1.807) is 11.1 Å². The van der Waals surface area contributed by atoms with Crippen molar-refractivity contribution in [2.24, 2.45) is 0 Å². The molecule has 0 radical (unpaired) electrons. The molecule has 1 N–H and O–H groups in total. The zero-order valence-electron chi connectivity index (χ0n) is 11.8. The molecule has 2 rings (SSSR count). The van der Waals surface area contributed by atoms with Crippen LogP contribution in [0.2, 0.25) is 0 Å². The summed E-state index contributed by atoms with van der Waals surface area (Å²) in [5.74, 6) is 0. The SMILES string of the molecule is CNCCCN(C)CCc1ccc2c(c1)CCC2. The smallest absolute Gasteiger partial charge is 0.00188 e. The maximum absolute atomic E-state index is 3.20. The molecule has 0 spiro atoms. The van der Waals surface area contributed by atoms with Gasteiger partial charge in [-0.05, 0) is 76.0 Å². The Hall–Kier alpha value is -0.860. The zero-order valence-corrected chi connectivity index (χ0v) is 11.8. The molecule has 1 aliphatic carbocycles. The third-order valence-electron chi connectivity index (χ3n) is 3.91. The molecule has 2 nitrogen and oxygen atoms in total. The van der Waals surface area contributed by atoms with Crippen molar-refractivity contribution in [3.63, 3.8) is 0 Å². The molecule has 0 saturated carbocycles. The average molecular weight is 246 g/mol. The highest BCUT2D eigenvalue weighted by molar-refractivity contribution is 5.35. The average Bonchev–Trinajstić information content (AvgIpc) is 2.84. The minimum Gasteiger partial charge on any atom is -0.320 e. The van der Waals surface area contributed by atoms with E-state index in [0.29, 0.717) is 0 Å². The summed E-state index contributed by atoms with van der Waals surface area (Å²) in [6.07, 6.45) is 6.35. The number of aryl methyl sites for hydroxylation is 2. The van der Waals surface area contributed by atoms with Gasteiger partial charge in [-0.15, -0.1) is 0 Å². The first kappa shape index (κ1) is 13.6. The van der Waals surface area contributed by atoms with Crippen LogP contribution in [0, 0.1) is 0 Å². The van der Waals surface area contributed by atoms with Gasteiger partial charge in [0.2, 0.25) is 0 Å². The lowest BCUT2D eigenvalue weighted by Gasteiger charge is -2.16. The molecule has 0 heterocycles. The number of benzene rings is 1. The zero-order chi connectivity index (χ0) is 12.8. The van der Waals surface area contributed by atoms with Crippen molar-refractivity contribution in [2.45, 2.75) is 32.1 Å². The van der Waals surface area contributed by atoms with E-state index in [1.807, 2.05) is 7.05 Å². The molecule has 0 aromatic heterocycles. The normalized spacial score (nSPS) is 14.2. The van der Waals surface area contributed by atoms with E-state index < -0.39 is 0 Å². The van der Waals surface area contributed by atoms with E-state index in [1.165, 1.54) is 50.8 Å². The van der Waals surface area contributed by atoms with Crippen LogP contribution in [0.3, 0.4) is 0 Å². The van der Waals surface area contributed by atoms with Gasteiger partial charge >= 0.3 is 0 Å². The monoisotopic (exact) mass is 246 g/mol. The van der Waals surface area contributed by atoms with Crippen molar-refractivity contribution in [1.82, 2.24) is 10.2 Å². The summed E-state index contributed by atoms with van der Waals surface area (Å²) in [5.41, 5.74) is 4.70. The summed E-state index contributed by atoms with van der Waals surface area (Å²) in [4.78, 5) is 2.44. The highest BCUT2D eigenvalue weighted by atomic mass is 15.1. The fourth-order valence-corrected chi connectivity index (χ4v) is 2.74. The lowest BCUT2D eigenvalue weighted by atomic mass is 10.0. The van der Waals surface area contributed by atoms with Crippen LogP contribution < -0.4 is 5.32 Å². The summed E-state index contributed by atoms with van der Waals surface area (Å²) < 4.78 is 0. The molecule has 0 atom stereocenters. The second kappa shape index (κ2) is 6.91. The lowest BCUT2D eigenvalue weighted by Crippen LogP contribution is -2.25. The molecular weight excluding hydrogens is 220 g/mol. The first-order valence-corrected chi connectivity index (χ1v) is 7.23. The Morgan fingerprint density at radius 3 is 2.83 bits per heavy atom. The minimum absolute atomic E-state index is 1.11. The van der Waals surface area contributed by atoms with Crippen LogP contribution in [-0.2, 0) is 19.3 Å². The molecule has 1 aromatic rings. The van der Waals surface area contributed by atoms with E-state index in [0.717, 1.165) is 6.54 Å². The Morgan fingerprint density at radius 2 is 2.00 bits per heavy atom. The van der Waals surface area contributed by atoms with Gasteiger partial charge in [0.05, 0.1) is 0 Å². The first-order chi connectivity index (χ1) is 8.79.